The van der Waals surface area contributed by atoms with E-state index in [4.69, 9.17) is 0 Å². The van der Waals surface area contributed by atoms with Gasteiger partial charge >= 0.3 is 0 Å². The van der Waals surface area contributed by atoms with Crippen LogP contribution in [0.25, 0.3) is 0 Å². The number of ketones is 2. The first-order valence-corrected chi connectivity index (χ1v) is 7.13. The SMILES string of the molecule is CC(=O)c1cc(Cc2cc(CO)cc(C(C)=O)c2O)ccc1O. The van der Waals surface area contributed by atoms with Crippen molar-refractivity contribution in [2.45, 2.75) is 26.9 Å². The predicted octanol–water partition coefficient (Wildman–Crippen LogP) is 2.59. The lowest BCUT2D eigenvalue weighted by atomic mass is 9.95. The molecule has 0 heterocycles. The van der Waals surface area contributed by atoms with E-state index in [9.17, 15) is 24.9 Å². The van der Waals surface area contributed by atoms with Crippen LogP contribution < -0.4 is 0 Å². The molecule has 23 heavy (non-hydrogen) atoms. The number of carbonyl (C=O) groups excluding carboxylic acids is 2. The van der Waals surface area contributed by atoms with E-state index in [2.05, 4.69) is 0 Å². The van der Waals surface area contributed by atoms with E-state index in [1.165, 1.54) is 26.0 Å². The molecule has 5 nitrogen and oxygen atoms in total. The fraction of sp³-hybridized carbons (Fsp3) is 0.222. The number of Topliss-reactive ketones (excluding diaryl/α,β-unsaturated/α-hetero) is 2. The molecule has 3 N–H and O–H groups in total. The molecule has 0 aliphatic carbocycles. The lowest BCUT2D eigenvalue weighted by Crippen LogP contribution is -2.01. The number of hydrogen-bond donors (Lipinski definition) is 3. The Bertz CT molecular complexity index is 777. The molecule has 120 valence electrons. The van der Waals surface area contributed by atoms with E-state index in [0.29, 0.717) is 16.7 Å². The zero-order chi connectivity index (χ0) is 17.1. The number of aliphatic hydroxyl groups excluding tert-OH is 1. The highest BCUT2D eigenvalue weighted by molar-refractivity contribution is 5.98. The lowest BCUT2D eigenvalue weighted by molar-refractivity contribution is 0.100. The number of benzene rings is 2. The smallest absolute Gasteiger partial charge is 0.163 e. The molecule has 0 aliphatic rings. The van der Waals surface area contributed by atoms with Crippen molar-refractivity contribution in [3.63, 3.8) is 0 Å². The van der Waals surface area contributed by atoms with E-state index in [1.807, 2.05) is 0 Å². The molecule has 0 aromatic heterocycles. The van der Waals surface area contributed by atoms with Gasteiger partial charge in [0.25, 0.3) is 0 Å². The molecule has 2 rings (SSSR count). The lowest BCUT2D eigenvalue weighted by Gasteiger charge is -2.12. The molecule has 0 fully saturated rings. The molecular formula is C18H18O5. The maximum Gasteiger partial charge on any atom is 0.163 e. The fourth-order valence-electron chi connectivity index (χ4n) is 2.45. The Kier molecular flexibility index (Phi) is 4.81. The van der Waals surface area contributed by atoms with Gasteiger partial charge in [-0.15, -0.1) is 0 Å². The molecular weight excluding hydrogens is 296 g/mol. The second-order valence-electron chi connectivity index (χ2n) is 5.45. The topological polar surface area (TPSA) is 94.8 Å². The van der Waals surface area contributed by atoms with E-state index < -0.39 is 0 Å². The number of aromatic hydroxyl groups is 2. The van der Waals surface area contributed by atoms with Gasteiger partial charge in [0.15, 0.2) is 11.6 Å². The van der Waals surface area contributed by atoms with Crippen LogP contribution in [0.4, 0.5) is 0 Å². The molecule has 0 bridgehead atoms. The van der Waals surface area contributed by atoms with Crippen molar-refractivity contribution < 1.29 is 24.9 Å². The van der Waals surface area contributed by atoms with Crippen LogP contribution in [-0.4, -0.2) is 26.9 Å². The molecule has 0 amide bonds. The van der Waals surface area contributed by atoms with Crippen LogP contribution in [0, 0.1) is 0 Å². The van der Waals surface area contributed by atoms with Gasteiger partial charge in [-0.25, -0.2) is 0 Å². The molecule has 0 saturated carbocycles. The summed E-state index contributed by atoms with van der Waals surface area (Å²) >= 11 is 0. The number of carbonyl (C=O) groups is 2. The average Bonchev–Trinajstić information content (AvgIpc) is 2.50. The summed E-state index contributed by atoms with van der Waals surface area (Å²) in [7, 11) is 0. The van der Waals surface area contributed by atoms with Gasteiger partial charge in [-0.05, 0) is 54.8 Å². The van der Waals surface area contributed by atoms with Crippen molar-refractivity contribution in [2.75, 3.05) is 0 Å². The van der Waals surface area contributed by atoms with Crippen LogP contribution in [0.2, 0.25) is 0 Å². The first-order valence-electron chi connectivity index (χ1n) is 7.13. The van der Waals surface area contributed by atoms with Crippen LogP contribution >= 0.6 is 0 Å². The van der Waals surface area contributed by atoms with Crippen molar-refractivity contribution in [1.82, 2.24) is 0 Å². The Labute approximate surface area is 133 Å². The quantitative estimate of drug-likeness (QED) is 0.737. The summed E-state index contributed by atoms with van der Waals surface area (Å²) in [6.07, 6.45) is 0.264. The Morgan fingerprint density at radius 2 is 1.52 bits per heavy atom. The number of hydrogen-bond acceptors (Lipinski definition) is 5. The van der Waals surface area contributed by atoms with Gasteiger partial charge in [0.05, 0.1) is 17.7 Å². The standard InChI is InChI=1S/C18H18O5/c1-10(20)15-7-12(3-4-17(15)22)5-14-6-13(9-19)8-16(11(2)21)18(14)23/h3-4,6-8,19,22-23H,5,9H2,1-2H3. The largest absolute Gasteiger partial charge is 0.507 e. The van der Waals surface area contributed by atoms with Crippen molar-refractivity contribution in [3.05, 3.63) is 58.1 Å². The molecule has 0 unspecified atom stereocenters. The molecule has 0 aliphatic heterocycles. The van der Waals surface area contributed by atoms with Crippen LogP contribution in [-0.2, 0) is 13.0 Å². The summed E-state index contributed by atoms with van der Waals surface area (Å²) in [5.41, 5.74) is 2.05. The molecule has 0 spiro atoms. The minimum absolute atomic E-state index is 0.0981. The minimum atomic E-state index is -0.297. The van der Waals surface area contributed by atoms with Crippen LogP contribution in [0.5, 0.6) is 11.5 Å². The van der Waals surface area contributed by atoms with E-state index >= 15 is 0 Å². The van der Waals surface area contributed by atoms with Crippen molar-refractivity contribution in [1.29, 1.82) is 0 Å². The Morgan fingerprint density at radius 3 is 2.09 bits per heavy atom. The van der Waals surface area contributed by atoms with E-state index in [1.54, 1.807) is 18.2 Å². The minimum Gasteiger partial charge on any atom is -0.507 e. The summed E-state index contributed by atoms with van der Waals surface area (Å²) in [5, 5.41) is 29.2. The third-order valence-electron chi connectivity index (χ3n) is 3.65. The van der Waals surface area contributed by atoms with Gasteiger partial charge in [-0.3, -0.25) is 9.59 Å². The maximum absolute atomic E-state index is 11.6. The first-order chi connectivity index (χ1) is 10.8. The number of phenolic OH excluding ortho intramolecular Hbond substituents is 2. The van der Waals surface area contributed by atoms with Crippen molar-refractivity contribution >= 4 is 11.6 Å². The molecule has 2 aromatic carbocycles. The summed E-state index contributed by atoms with van der Waals surface area (Å²) < 4.78 is 0. The Balaban J connectivity index is 2.48. The number of rotatable bonds is 5. The zero-order valence-corrected chi connectivity index (χ0v) is 13.0. The summed E-state index contributed by atoms with van der Waals surface area (Å²) in [6.45, 7) is 2.45. The monoisotopic (exact) mass is 314 g/mol. The average molecular weight is 314 g/mol. The summed E-state index contributed by atoms with van der Waals surface area (Å²) in [5.74, 6) is -0.789. The zero-order valence-electron chi connectivity index (χ0n) is 13.0. The van der Waals surface area contributed by atoms with Gasteiger partial charge in [-0.1, -0.05) is 6.07 Å². The molecule has 0 atom stereocenters. The van der Waals surface area contributed by atoms with Gasteiger partial charge < -0.3 is 15.3 Å². The van der Waals surface area contributed by atoms with Gasteiger partial charge in [0.1, 0.15) is 11.5 Å². The molecule has 2 aromatic rings. The Morgan fingerprint density at radius 1 is 0.913 bits per heavy atom. The van der Waals surface area contributed by atoms with Crippen LogP contribution in [0.3, 0.4) is 0 Å². The predicted molar refractivity (Wildman–Crippen MR) is 85.0 cm³/mol. The van der Waals surface area contributed by atoms with Crippen molar-refractivity contribution in [3.8, 4) is 11.5 Å². The third kappa shape index (κ3) is 3.57. The summed E-state index contributed by atoms with van der Waals surface area (Å²) in [4.78, 5) is 23.1. The molecule has 5 heteroatoms. The van der Waals surface area contributed by atoms with Gasteiger partial charge in [0.2, 0.25) is 0 Å². The first kappa shape index (κ1) is 16.7. The molecule has 0 radical (unpaired) electrons. The number of aliphatic hydroxyl groups is 1. The third-order valence-corrected chi connectivity index (χ3v) is 3.65. The maximum atomic E-state index is 11.6. The van der Waals surface area contributed by atoms with E-state index in [0.717, 1.165) is 0 Å². The number of phenols is 2. The second-order valence-corrected chi connectivity index (χ2v) is 5.45. The summed E-state index contributed by atoms with van der Waals surface area (Å²) in [6, 6.07) is 7.68. The van der Waals surface area contributed by atoms with Crippen LogP contribution in [0.1, 0.15) is 51.3 Å². The van der Waals surface area contributed by atoms with Crippen LogP contribution in [0.15, 0.2) is 30.3 Å². The van der Waals surface area contributed by atoms with Gasteiger partial charge in [-0.2, -0.15) is 0 Å². The van der Waals surface area contributed by atoms with Gasteiger partial charge in [0, 0.05) is 6.42 Å². The second kappa shape index (κ2) is 6.62. The normalized spacial score (nSPS) is 10.6. The highest BCUT2D eigenvalue weighted by Crippen LogP contribution is 2.29. The van der Waals surface area contributed by atoms with Crippen molar-refractivity contribution in [2.24, 2.45) is 0 Å². The van der Waals surface area contributed by atoms with E-state index in [-0.39, 0.29) is 47.2 Å². The fourth-order valence-corrected chi connectivity index (χ4v) is 2.45. The Hall–Kier alpha value is -2.66. The highest BCUT2D eigenvalue weighted by atomic mass is 16.3. The highest BCUT2D eigenvalue weighted by Gasteiger charge is 2.15. The molecule has 0 saturated heterocycles.